The SMILES string of the molecule is O=C(NCC1CNCC1O)c1cc2ccccc2s1. The van der Waals surface area contributed by atoms with Crippen LogP contribution in [-0.4, -0.2) is 36.8 Å². The number of amides is 1. The van der Waals surface area contributed by atoms with E-state index in [4.69, 9.17) is 0 Å². The molecule has 1 amide bonds. The first-order valence-electron chi connectivity index (χ1n) is 6.39. The topological polar surface area (TPSA) is 61.4 Å². The van der Waals surface area contributed by atoms with Crippen molar-refractivity contribution in [2.45, 2.75) is 6.10 Å². The van der Waals surface area contributed by atoms with E-state index in [1.165, 1.54) is 11.3 Å². The number of nitrogens with one attached hydrogen (secondary N) is 2. The fourth-order valence-electron chi connectivity index (χ4n) is 2.33. The first-order valence-corrected chi connectivity index (χ1v) is 7.21. The molecular weight excluding hydrogens is 260 g/mol. The summed E-state index contributed by atoms with van der Waals surface area (Å²) in [7, 11) is 0. The van der Waals surface area contributed by atoms with Crippen LogP contribution in [-0.2, 0) is 0 Å². The number of carbonyl (C=O) groups is 1. The second kappa shape index (κ2) is 5.28. The Labute approximate surface area is 115 Å². The number of fused-ring (bicyclic) bond motifs is 1. The maximum atomic E-state index is 12.1. The van der Waals surface area contributed by atoms with Crippen molar-refractivity contribution in [3.8, 4) is 0 Å². The molecule has 1 aromatic carbocycles. The minimum absolute atomic E-state index is 0.0553. The zero-order valence-corrected chi connectivity index (χ0v) is 11.2. The van der Waals surface area contributed by atoms with E-state index in [2.05, 4.69) is 10.6 Å². The maximum Gasteiger partial charge on any atom is 0.261 e. The summed E-state index contributed by atoms with van der Waals surface area (Å²) < 4.78 is 1.12. The Bertz CT molecular complexity index is 563. The summed E-state index contributed by atoms with van der Waals surface area (Å²) >= 11 is 1.50. The predicted octanol–water partition coefficient (Wildman–Crippen LogP) is 1.21. The van der Waals surface area contributed by atoms with Crippen LogP contribution in [0.3, 0.4) is 0 Å². The minimum Gasteiger partial charge on any atom is -0.391 e. The molecule has 0 aliphatic carbocycles. The van der Waals surface area contributed by atoms with Gasteiger partial charge in [0, 0.05) is 30.3 Å². The molecule has 2 aromatic rings. The highest BCUT2D eigenvalue weighted by atomic mass is 32.1. The molecule has 1 aliphatic heterocycles. The van der Waals surface area contributed by atoms with E-state index in [9.17, 15) is 9.90 Å². The van der Waals surface area contributed by atoms with Crippen LogP contribution in [0.25, 0.3) is 10.1 Å². The average Bonchev–Trinajstić information content (AvgIpc) is 3.01. The second-order valence-electron chi connectivity index (χ2n) is 4.84. The van der Waals surface area contributed by atoms with Crippen LogP contribution in [0.15, 0.2) is 30.3 Å². The summed E-state index contributed by atoms with van der Waals surface area (Å²) in [5, 5.41) is 16.8. The van der Waals surface area contributed by atoms with Crippen molar-refractivity contribution in [2.75, 3.05) is 19.6 Å². The summed E-state index contributed by atoms with van der Waals surface area (Å²) in [4.78, 5) is 12.8. The number of aliphatic hydroxyl groups excluding tert-OH is 1. The molecule has 0 radical (unpaired) electrons. The normalized spacial score (nSPS) is 22.8. The molecule has 0 bridgehead atoms. The summed E-state index contributed by atoms with van der Waals surface area (Å²) in [6.45, 7) is 1.89. The zero-order chi connectivity index (χ0) is 13.2. The molecule has 2 atom stereocenters. The van der Waals surface area contributed by atoms with Crippen molar-refractivity contribution in [3.05, 3.63) is 35.2 Å². The summed E-state index contributed by atoms with van der Waals surface area (Å²) in [5.74, 6) is 0.0543. The third-order valence-corrected chi connectivity index (χ3v) is 4.59. The molecule has 0 spiro atoms. The number of thiophene rings is 1. The van der Waals surface area contributed by atoms with E-state index in [0.717, 1.165) is 21.5 Å². The van der Waals surface area contributed by atoms with Crippen molar-refractivity contribution >= 4 is 27.3 Å². The van der Waals surface area contributed by atoms with Gasteiger partial charge in [0.2, 0.25) is 0 Å². The fourth-order valence-corrected chi connectivity index (χ4v) is 3.31. The molecule has 1 fully saturated rings. The van der Waals surface area contributed by atoms with E-state index in [-0.39, 0.29) is 17.9 Å². The number of benzene rings is 1. The lowest BCUT2D eigenvalue weighted by Gasteiger charge is -2.13. The van der Waals surface area contributed by atoms with Crippen molar-refractivity contribution in [2.24, 2.45) is 5.92 Å². The quantitative estimate of drug-likeness (QED) is 0.790. The largest absolute Gasteiger partial charge is 0.391 e. The van der Waals surface area contributed by atoms with E-state index < -0.39 is 0 Å². The predicted molar refractivity (Wildman–Crippen MR) is 76.5 cm³/mol. The van der Waals surface area contributed by atoms with E-state index in [1.807, 2.05) is 30.3 Å². The molecule has 4 nitrogen and oxygen atoms in total. The van der Waals surface area contributed by atoms with Gasteiger partial charge in [-0.3, -0.25) is 4.79 Å². The van der Waals surface area contributed by atoms with Gasteiger partial charge >= 0.3 is 0 Å². The highest BCUT2D eigenvalue weighted by molar-refractivity contribution is 7.20. The second-order valence-corrected chi connectivity index (χ2v) is 5.93. The number of carbonyl (C=O) groups excluding carboxylic acids is 1. The van der Waals surface area contributed by atoms with Crippen molar-refractivity contribution < 1.29 is 9.90 Å². The first-order chi connectivity index (χ1) is 9.24. The molecule has 2 heterocycles. The number of aliphatic hydroxyl groups is 1. The monoisotopic (exact) mass is 276 g/mol. The van der Waals surface area contributed by atoms with Crippen LogP contribution < -0.4 is 10.6 Å². The van der Waals surface area contributed by atoms with Crippen LogP contribution in [0, 0.1) is 5.92 Å². The van der Waals surface area contributed by atoms with Crippen molar-refractivity contribution in [3.63, 3.8) is 0 Å². The van der Waals surface area contributed by atoms with Crippen LogP contribution >= 0.6 is 11.3 Å². The van der Waals surface area contributed by atoms with E-state index >= 15 is 0 Å². The van der Waals surface area contributed by atoms with Crippen LogP contribution in [0.5, 0.6) is 0 Å². The van der Waals surface area contributed by atoms with Gasteiger partial charge in [-0.2, -0.15) is 0 Å². The van der Waals surface area contributed by atoms with Gasteiger partial charge < -0.3 is 15.7 Å². The highest BCUT2D eigenvalue weighted by Crippen LogP contribution is 2.25. The molecule has 1 aromatic heterocycles. The molecule has 3 rings (SSSR count). The molecule has 1 saturated heterocycles. The maximum absolute atomic E-state index is 12.1. The lowest BCUT2D eigenvalue weighted by atomic mass is 10.1. The van der Waals surface area contributed by atoms with E-state index in [1.54, 1.807) is 0 Å². The van der Waals surface area contributed by atoms with Gasteiger partial charge in [0.15, 0.2) is 0 Å². The summed E-state index contributed by atoms with van der Waals surface area (Å²) in [6.07, 6.45) is -0.359. The van der Waals surface area contributed by atoms with Crippen molar-refractivity contribution in [1.82, 2.24) is 10.6 Å². The van der Waals surface area contributed by atoms with Crippen LogP contribution in [0.2, 0.25) is 0 Å². The summed E-state index contributed by atoms with van der Waals surface area (Å²) in [6, 6.07) is 9.88. The first kappa shape index (κ1) is 12.6. The number of rotatable bonds is 3. The number of hydrogen-bond donors (Lipinski definition) is 3. The van der Waals surface area contributed by atoms with Crippen LogP contribution in [0.1, 0.15) is 9.67 Å². The van der Waals surface area contributed by atoms with Gasteiger partial charge in [0.1, 0.15) is 0 Å². The third kappa shape index (κ3) is 2.63. The van der Waals surface area contributed by atoms with Gasteiger partial charge in [-0.05, 0) is 17.5 Å². The van der Waals surface area contributed by atoms with Gasteiger partial charge in [0.05, 0.1) is 11.0 Å². The molecule has 2 unspecified atom stereocenters. The Kier molecular flexibility index (Phi) is 3.50. The molecule has 3 N–H and O–H groups in total. The fraction of sp³-hybridized carbons (Fsp3) is 0.357. The summed E-state index contributed by atoms with van der Waals surface area (Å²) in [5.41, 5.74) is 0. The third-order valence-electron chi connectivity index (χ3n) is 3.48. The smallest absolute Gasteiger partial charge is 0.261 e. The average molecular weight is 276 g/mol. The minimum atomic E-state index is -0.359. The number of hydrogen-bond acceptors (Lipinski definition) is 4. The lowest BCUT2D eigenvalue weighted by molar-refractivity contribution is 0.0931. The molecule has 1 aliphatic rings. The lowest BCUT2D eigenvalue weighted by Crippen LogP contribution is -2.33. The van der Waals surface area contributed by atoms with Gasteiger partial charge in [-0.15, -0.1) is 11.3 Å². The van der Waals surface area contributed by atoms with Gasteiger partial charge in [-0.1, -0.05) is 18.2 Å². The highest BCUT2D eigenvalue weighted by Gasteiger charge is 2.25. The molecule has 100 valence electrons. The molecular formula is C14H16N2O2S. The van der Waals surface area contributed by atoms with Crippen LogP contribution in [0.4, 0.5) is 0 Å². The van der Waals surface area contributed by atoms with Gasteiger partial charge in [-0.25, -0.2) is 0 Å². The molecule has 19 heavy (non-hydrogen) atoms. The Morgan fingerprint density at radius 3 is 3.00 bits per heavy atom. The van der Waals surface area contributed by atoms with E-state index in [0.29, 0.717) is 13.1 Å². The molecule has 5 heteroatoms. The zero-order valence-electron chi connectivity index (χ0n) is 10.4. The Morgan fingerprint density at radius 2 is 2.26 bits per heavy atom. The Morgan fingerprint density at radius 1 is 1.42 bits per heavy atom. The van der Waals surface area contributed by atoms with Crippen molar-refractivity contribution in [1.29, 1.82) is 0 Å². The van der Waals surface area contributed by atoms with Gasteiger partial charge in [0.25, 0.3) is 5.91 Å². The Hall–Kier alpha value is -1.43. The number of β-amino-alcohol motifs (C(OH)–C–C–N with tert-alkyl or cyclic N) is 1. The molecule has 0 saturated carbocycles. The standard InChI is InChI=1S/C14H16N2O2S/c17-11-8-15-6-10(11)7-16-14(18)13-5-9-3-1-2-4-12(9)19-13/h1-5,10-11,15,17H,6-8H2,(H,16,18). The Balaban J connectivity index is 1.66.